The Morgan fingerprint density at radius 3 is 0.895 bits per heavy atom. The minimum atomic E-state index is -0.832. The van der Waals surface area contributed by atoms with Gasteiger partial charge in [-0.3, -0.25) is 9.98 Å². The van der Waals surface area contributed by atoms with E-state index in [2.05, 4.69) is 9.98 Å². The SMILES string of the molecule is CCOC(C)(C)/C([O-])=C/C=NCCN=C/C=C(\[O-])C(C)(C)OCC.COCCC[PH+](CCCOC)CCCOC.COCCC[PH+](CCCOC)CCCOC.[99Tc]. The maximum Gasteiger partial charge on any atom is 0.0737 e. The molecular formula is C42H86N2O10P2Tc. The molecule has 0 fully saturated rings. The summed E-state index contributed by atoms with van der Waals surface area (Å²) in [5.74, 6) is -0.262. The molecule has 1 radical (unpaired) electrons. The molecule has 0 aliphatic heterocycles. The van der Waals surface area contributed by atoms with Crippen molar-refractivity contribution >= 4 is 28.3 Å². The van der Waals surface area contributed by atoms with Crippen LogP contribution in [0.4, 0.5) is 0 Å². The van der Waals surface area contributed by atoms with Gasteiger partial charge in [0.1, 0.15) is 0 Å². The van der Waals surface area contributed by atoms with Gasteiger partial charge in [-0.2, -0.15) is 0 Å². The fourth-order valence-corrected chi connectivity index (χ4v) is 10.7. The molecule has 0 saturated heterocycles. The quantitative estimate of drug-likeness (QED) is 0.0328. The molecule has 0 spiro atoms. The van der Waals surface area contributed by atoms with Crippen molar-refractivity contribution in [2.45, 2.75) is 91.3 Å². The average molecular weight is 940 g/mol. The zero-order valence-corrected chi connectivity index (χ0v) is 42.1. The summed E-state index contributed by atoms with van der Waals surface area (Å²) < 4.78 is 41.4. The molecule has 57 heavy (non-hydrogen) atoms. The summed E-state index contributed by atoms with van der Waals surface area (Å²) in [4.78, 5) is 8.17. The molecular weight excluding hydrogens is 853 g/mol. The number of methoxy groups -OCH3 is 6. The van der Waals surface area contributed by atoms with Crippen LogP contribution in [-0.2, 0) is 58.0 Å². The number of hydrogen-bond donors (Lipinski definition) is 0. The summed E-state index contributed by atoms with van der Waals surface area (Å²) in [5.41, 5.74) is -1.66. The van der Waals surface area contributed by atoms with Gasteiger partial charge < -0.3 is 48.1 Å². The van der Waals surface area contributed by atoms with E-state index in [0.29, 0.717) is 26.3 Å². The first-order valence-corrected chi connectivity index (χ1v) is 24.7. The van der Waals surface area contributed by atoms with E-state index in [-0.39, 0.29) is 47.5 Å². The van der Waals surface area contributed by atoms with Gasteiger partial charge in [-0.1, -0.05) is 23.7 Å². The van der Waals surface area contributed by atoms with Gasteiger partial charge in [-0.05, 0) is 41.5 Å². The summed E-state index contributed by atoms with van der Waals surface area (Å²) in [7, 11) is 10.3. The summed E-state index contributed by atoms with van der Waals surface area (Å²) in [6, 6.07) is 0. The van der Waals surface area contributed by atoms with Crippen molar-refractivity contribution < 1.29 is 68.2 Å². The van der Waals surface area contributed by atoms with E-state index in [1.54, 1.807) is 70.4 Å². The second kappa shape index (κ2) is 46.7. The standard InChI is InChI=1S/C18H32N2O4.2C12H27O3P.Tc/c1-7-23-17(3,4)15(21)9-11-19-13-14-20-12-10-16(22)18(5,6)24-8-2;2*1-13-7-4-10-16(11-5-8-14-2)12-6-9-15-3;/h9-12,21-22H,7-8,13-14H2,1-6H3;2*4-12H2,1-3H3;/b15-9-,16-10-,19-11?,20-12?;;;/i;;;1+1. The molecule has 12 nitrogen and oxygen atoms in total. The molecule has 0 unspecified atom stereocenters. The molecule has 0 bridgehead atoms. The van der Waals surface area contributed by atoms with Crippen LogP contribution in [0.5, 0.6) is 0 Å². The van der Waals surface area contributed by atoms with E-state index < -0.39 is 11.2 Å². The molecule has 0 rings (SSSR count). The van der Waals surface area contributed by atoms with Crippen molar-refractivity contribution in [3.63, 3.8) is 0 Å². The van der Waals surface area contributed by atoms with Crippen molar-refractivity contribution in [3.05, 3.63) is 23.7 Å². The summed E-state index contributed by atoms with van der Waals surface area (Å²) in [5, 5.41) is 23.7. The maximum absolute atomic E-state index is 11.9. The van der Waals surface area contributed by atoms with Crippen LogP contribution in [0, 0.1) is 0 Å². The van der Waals surface area contributed by atoms with Gasteiger partial charge in [0, 0.05) is 182 Å². The number of nitrogens with zero attached hydrogens (tertiary/aromatic N) is 2. The summed E-state index contributed by atoms with van der Waals surface area (Å²) in [6.45, 7) is 17.9. The van der Waals surface area contributed by atoms with Gasteiger partial charge in [0.25, 0.3) is 0 Å². The first-order valence-electron chi connectivity index (χ1n) is 20.5. The zero-order chi connectivity index (χ0) is 42.8. The van der Waals surface area contributed by atoms with E-state index in [1.807, 2.05) is 13.8 Å². The van der Waals surface area contributed by atoms with Crippen LogP contribution in [0.3, 0.4) is 0 Å². The first-order chi connectivity index (χ1) is 26.9. The van der Waals surface area contributed by atoms with E-state index in [9.17, 15) is 10.2 Å². The Hall–Kier alpha value is -0.391. The third-order valence-electron chi connectivity index (χ3n) is 8.49. The summed E-state index contributed by atoms with van der Waals surface area (Å²) in [6.07, 6.45) is 21.2. The molecule has 15 heteroatoms. The minimum absolute atomic E-state index is 0. The Bertz CT molecular complexity index is 838. The molecule has 0 aliphatic rings. The van der Waals surface area contributed by atoms with Crippen LogP contribution in [0.2, 0.25) is 0 Å². The fraction of sp³-hybridized carbons (Fsp3) is 0.857. The molecule has 341 valence electrons. The Labute approximate surface area is 365 Å². The number of allylic oxidation sites excluding steroid dienone is 2. The molecule has 0 amide bonds. The molecule has 0 N–H and O–H groups in total. The monoisotopic (exact) mass is 939 g/mol. The molecule has 0 aliphatic carbocycles. The van der Waals surface area contributed by atoms with Crippen LogP contribution < -0.4 is 10.2 Å². The van der Waals surface area contributed by atoms with Gasteiger partial charge in [0.15, 0.2) is 0 Å². The predicted octanol–water partition coefficient (Wildman–Crippen LogP) is 5.86. The molecule has 0 heterocycles. The van der Waals surface area contributed by atoms with Crippen LogP contribution in [0.1, 0.15) is 80.1 Å². The van der Waals surface area contributed by atoms with Gasteiger partial charge in [-0.25, -0.2) is 0 Å². The van der Waals surface area contributed by atoms with Crippen LogP contribution in [-0.4, -0.2) is 169 Å². The fourth-order valence-electron chi connectivity index (χ4n) is 5.32. The van der Waals surface area contributed by atoms with Crippen molar-refractivity contribution in [2.24, 2.45) is 9.98 Å². The Kier molecular flexibility index (Phi) is 51.8. The minimum Gasteiger partial charge on any atom is -0.873 e. The summed E-state index contributed by atoms with van der Waals surface area (Å²) >= 11 is 0. The number of rotatable bonds is 35. The van der Waals surface area contributed by atoms with Gasteiger partial charge in [-0.15, -0.1) is 0 Å². The number of ether oxygens (including phenoxy) is 8. The Balaban J connectivity index is -0.000000379. The number of aliphatic imine (C=N–C) groups is 2. The van der Waals surface area contributed by atoms with E-state index in [1.165, 1.54) is 100 Å². The smallest absolute Gasteiger partial charge is 0.0737 e. The van der Waals surface area contributed by atoms with E-state index in [0.717, 1.165) is 39.6 Å². The Morgan fingerprint density at radius 2 is 0.702 bits per heavy atom. The Morgan fingerprint density at radius 1 is 0.474 bits per heavy atom. The van der Waals surface area contributed by atoms with E-state index >= 15 is 0 Å². The molecule has 0 aromatic heterocycles. The maximum atomic E-state index is 11.9. The molecule has 0 saturated carbocycles. The van der Waals surface area contributed by atoms with Crippen LogP contribution >= 0.6 is 15.8 Å². The molecule has 0 aromatic rings. The normalized spacial score (nSPS) is 12.6. The van der Waals surface area contributed by atoms with Crippen molar-refractivity contribution in [3.8, 4) is 0 Å². The molecule has 0 aromatic carbocycles. The van der Waals surface area contributed by atoms with Crippen LogP contribution in [0.25, 0.3) is 0 Å². The van der Waals surface area contributed by atoms with Gasteiger partial charge in [0.05, 0.1) is 61.3 Å². The number of hydrogen-bond acceptors (Lipinski definition) is 12. The molecule has 0 atom stereocenters. The third-order valence-corrected chi connectivity index (χ3v) is 14.9. The van der Waals surface area contributed by atoms with Crippen molar-refractivity contribution in [2.75, 3.05) is 146 Å². The zero-order valence-electron chi connectivity index (χ0n) is 38.2. The second-order valence-corrected chi connectivity index (χ2v) is 20.1. The van der Waals surface area contributed by atoms with E-state index in [4.69, 9.17) is 37.9 Å². The average Bonchev–Trinajstić information content (AvgIpc) is 3.16. The van der Waals surface area contributed by atoms with Crippen molar-refractivity contribution in [1.29, 1.82) is 0 Å². The van der Waals surface area contributed by atoms with Crippen molar-refractivity contribution in [1.82, 2.24) is 0 Å². The largest absolute Gasteiger partial charge is 0.873 e. The van der Waals surface area contributed by atoms with Crippen LogP contribution in [0.15, 0.2) is 33.7 Å². The van der Waals surface area contributed by atoms with Gasteiger partial charge >= 0.3 is 0 Å². The van der Waals surface area contributed by atoms with Gasteiger partial charge in [0.2, 0.25) is 0 Å². The second-order valence-electron chi connectivity index (χ2n) is 14.1. The topological polar surface area (TPSA) is 145 Å². The predicted molar refractivity (Wildman–Crippen MR) is 239 cm³/mol. The third kappa shape index (κ3) is 43.5. The first kappa shape index (κ1) is 63.2.